The molecular weight excluding hydrogens is 470 g/mol. The average molecular weight is 504 g/mol. The van der Waals surface area contributed by atoms with Gasteiger partial charge in [0.05, 0.1) is 26.3 Å². The minimum absolute atomic E-state index is 0.186. The number of benzene rings is 2. The average Bonchev–Trinajstić information content (AvgIpc) is 3.15. The maximum absolute atomic E-state index is 13.4. The number of nitrogens with zero attached hydrogens (tertiary/aromatic N) is 5. The smallest absolute Gasteiger partial charge is 0.227 e. The molecule has 1 amide bonds. The highest BCUT2D eigenvalue weighted by molar-refractivity contribution is 5.79. The Balaban J connectivity index is 1.31. The molecule has 5 heterocycles. The fourth-order valence-electron chi connectivity index (χ4n) is 5.75. The van der Waals surface area contributed by atoms with Gasteiger partial charge in [0.2, 0.25) is 5.91 Å². The van der Waals surface area contributed by atoms with Crippen molar-refractivity contribution >= 4 is 5.91 Å². The van der Waals surface area contributed by atoms with Gasteiger partial charge in [-0.2, -0.15) is 0 Å². The number of hydrogen-bond acceptors (Lipinski definition) is 7. The molecule has 1 aromatic heterocycles. The highest BCUT2D eigenvalue weighted by Crippen LogP contribution is 2.36. The number of rotatable bonds is 1. The summed E-state index contributed by atoms with van der Waals surface area (Å²) in [5.41, 5.74) is 2.81. The number of carbonyl (C=O) groups excluding carboxylic acids is 1. The SMILES string of the molecule is COc1cccc2c1OCc1cn(nn1)CCOc1cccc(c1)CC(=O)N1C[C@H]3CC[C@@H](C1)N(C2)C3. The van der Waals surface area contributed by atoms with Crippen LogP contribution in [0.15, 0.2) is 48.7 Å². The minimum Gasteiger partial charge on any atom is -0.493 e. The van der Waals surface area contributed by atoms with E-state index in [9.17, 15) is 4.79 Å². The standard InChI is InChI=1S/C28H33N5O4/c1-35-26-7-3-5-22-16-31-14-21-8-9-24(31)18-32(15-21)27(34)13-20-4-2-6-25(12-20)36-11-10-33-17-23(29-30-33)19-37-28(22)26/h2-7,12,17,21,24H,8-11,13-16,18-19H2,1H3/t21-,24-/m0/s1. The third-order valence-electron chi connectivity index (χ3n) is 7.63. The molecule has 7 rings (SSSR count). The van der Waals surface area contributed by atoms with E-state index in [4.69, 9.17) is 14.2 Å². The molecule has 1 unspecified atom stereocenters. The highest BCUT2D eigenvalue weighted by Gasteiger charge is 2.36. The molecule has 3 saturated heterocycles. The van der Waals surface area contributed by atoms with E-state index in [0.717, 1.165) is 67.3 Å². The molecule has 3 fully saturated rings. The van der Waals surface area contributed by atoms with Gasteiger partial charge in [-0.15, -0.1) is 5.10 Å². The highest BCUT2D eigenvalue weighted by atomic mass is 16.5. The predicted molar refractivity (Wildman–Crippen MR) is 136 cm³/mol. The minimum atomic E-state index is 0.186. The molecule has 3 atom stereocenters. The number of methoxy groups -OCH3 is 1. The maximum Gasteiger partial charge on any atom is 0.227 e. The van der Waals surface area contributed by atoms with Gasteiger partial charge in [0.15, 0.2) is 11.5 Å². The summed E-state index contributed by atoms with van der Waals surface area (Å²) in [7, 11) is 1.67. The molecule has 9 nitrogen and oxygen atoms in total. The van der Waals surface area contributed by atoms with Crippen LogP contribution in [0, 0.1) is 5.92 Å². The van der Waals surface area contributed by atoms with Crippen LogP contribution in [-0.4, -0.2) is 70.1 Å². The van der Waals surface area contributed by atoms with Crippen LogP contribution < -0.4 is 14.2 Å². The van der Waals surface area contributed by atoms with Gasteiger partial charge in [0.25, 0.3) is 0 Å². The first-order valence-corrected chi connectivity index (χ1v) is 13.1. The van der Waals surface area contributed by atoms with Crippen LogP contribution in [0.3, 0.4) is 0 Å². The van der Waals surface area contributed by atoms with Crippen molar-refractivity contribution in [3.63, 3.8) is 0 Å². The fourth-order valence-corrected chi connectivity index (χ4v) is 5.75. The van der Waals surface area contributed by atoms with Gasteiger partial charge in [0, 0.05) is 37.8 Å². The number of carbonyl (C=O) groups is 1. The molecule has 3 aromatic rings. The van der Waals surface area contributed by atoms with Crippen LogP contribution in [-0.2, 0) is 30.9 Å². The van der Waals surface area contributed by atoms with Crippen LogP contribution >= 0.6 is 0 Å². The quantitative estimate of drug-likeness (QED) is 0.505. The van der Waals surface area contributed by atoms with Crippen molar-refractivity contribution in [1.29, 1.82) is 0 Å². The topological polar surface area (TPSA) is 81.9 Å². The van der Waals surface area contributed by atoms with Crippen LogP contribution in [0.4, 0.5) is 0 Å². The van der Waals surface area contributed by atoms with Crippen molar-refractivity contribution in [2.75, 3.05) is 33.4 Å². The third-order valence-corrected chi connectivity index (χ3v) is 7.63. The first-order valence-electron chi connectivity index (χ1n) is 13.1. The molecule has 0 aliphatic carbocycles. The molecular formula is C28H33N5O4. The van der Waals surface area contributed by atoms with Gasteiger partial charge in [0.1, 0.15) is 24.7 Å². The predicted octanol–water partition coefficient (Wildman–Crippen LogP) is 2.92. The van der Waals surface area contributed by atoms with Gasteiger partial charge in [-0.05, 0) is 42.5 Å². The number of amides is 1. The first kappa shape index (κ1) is 23.8. The Morgan fingerprint density at radius 3 is 2.89 bits per heavy atom. The summed E-state index contributed by atoms with van der Waals surface area (Å²) in [4.78, 5) is 18.0. The second-order valence-electron chi connectivity index (χ2n) is 10.2. The largest absolute Gasteiger partial charge is 0.493 e. The molecule has 0 N–H and O–H groups in total. The fraction of sp³-hybridized carbons (Fsp3) is 0.464. The van der Waals surface area contributed by atoms with Crippen molar-refractivity contribution in [1.82, 2.24) is 24.8 Å². The van der Waals surface area contributed by atoms with E-state index in [0.29, 0.717) is 43.9 Å². The zero-order valence-electron chi connectivity index (χ0n) is 21.2. The van der Waals surface area contributed by atoms with Gasteiger partial charge in [-0.1, -0.05) is 29.5 Å². The summed E-state index contributed by atoms with van der Waals surface area (Å²) in [5.74, 6) is 2.86. The Hall–Kier alpha value is -3.59. The molecule has 0 spiro atoms. The van der Waals surface area contributed by atoms with Crippen LogP contribution in [0.2, 0.25) is 0 Å². The second-order valence-corrected chi connectivity index (χ2v) is 10.2. The maximum atomic E-state index is 13.4. The lowest BCUT2D eigenvalue weighted by Crippen LogP contribution is -2.44. The van der Waals surface area contributed by atoms with E-state index in [2.05, 4.69) is 26.2 Å². The van der Waals surface area contributed by atoms with Crippen molar-refractivity contribution < 1.29 is 19.0 Å². The van der Waals surface area contributed by atoms with Crippen LogP contribution in [0.1, 0.15) is 29.7 Å². The van der Waals surface area contributed by atoms with E-state index in [1.54, 1.807) is 11.8 Å². The Kier molecular flexibility index (Phi) is 6.70. The molecule has 8 bridgehead atoms. The molecule has 9 heteroatoms. The number of hydrogen-bond donors (Lipinski definition) is 0. The summed E-state index contributed by atoms with van der Waals surface area (Å²) >= 11 is 0. The van der Waals surface area contributed by atoms with Crippen molar-refractivity contribution in [2.45, 2.75) is 45.0 Å². The van der Waals surface area contributed by atoms with E-state index in [-0.39, 0.29) is 5.91 Å². The lowest BCUT2D eigenvalue weighted by Gasteiger charge is -2.36. The van der Waals surface area contributed by atoms with Gasteiger partial charge in [-0.25, -0.2) is 4.68 Å². The number of piperidine rings is 1. The number of para-hydroxylation sites is 1. The summed E-state index contributed by atoms with van der Waals surface area (Å²) in [6.45, 7) is 4.60. The molecule has 0 radical (unpaired) electrons. The van der Waals surface area contributed by atoms with E-state index in [1.807, 2.05) is 42.6 Å². The van der Waals surface area contributed by atoms with Gasteiger partial charge >= 0.3 is 0 Å². The summed E-state index contributed by atoms with van der Waals surface area (Å²) < 4.78 is 19.7. The third kappa shape index (κ3) is 5.27. The van der Waals surface area contributed by atoms with Crippen molar-refractivity contribution in [2.24, 2.45) is 5.92 Å². The van der Waals surface area contributed by atoms with E-state index in [1.165, 1.54) is 0 Å². The molecule has 194 valence electrons. The lowest BCUT2D eigenvalue weighted by atomic mass is 9.94. The van der Waals surface area contributed by atoms with E-state index < -0.39 is 0 Å². The summed E-state index contributed by atoms with van der Waals surface area (Å²) in [6.07, 6.45) is 4.53. The lowest BCUT2D eigenvalue weighted by molar-refractivity contribution is -0.130. The molecule has 37 heavy (non-hydrogen) atoms. The Labute approximate surface area is 216 Å². The zero-order valence-corrected chi connectivity index (χ0v) is 21.2. The normalized spacial score (nSPS) is 24.0. The molecule has 4 aliphatic rings. The number of aromatic nitrogens is 3. The summed E-state index contributed by atoms with van der Waals surface area (Å²) in [5, 5.41) is 8.50. The number of fused-ring (bicyclic) bond motifs is 6. The molecule has 4 aliphatic heterocycles. The first-order chi connectivity index (χ1) is 18.1. The Morgan fingerprint density at radius 2 is 1.97 bits per heavy atom. The van der Waals surface area contributed by atoms with Crippen molar-refractivity contribution in [3.8, 4) is 17.2 Å². The Bertz CT molecular complexity index is 1260. The Morgan fingerprint density at radius 1 is 1.05 bits per heavy atom. The molecule has 0 saturated carbocycles. The van der Waals surface area contributed by atoms with Crippen molar-refractivity contribution in [3.05, 3.63) is 65.5 Å². The van der Waals surface area contributed by atoms with Gasteiger partial charge < -0.3 is 19.1 Å². The van der Waals surface area contributed by atoms with Crippen LogP contribution in [0.25, 0.3) is 0 Å². The second kappa shape index (κ2) is 10.4. The monoisotopic (exact) mass is 503 g/mol. The number of ether oxygens (including phenoxy) is 3. The molecule has 2 aromatic carbocycles. The van der Waals surface area contributed by atoms with Gasteiger partial charge in [-0.3, -0.25) is 9.69 Å². The van der Waals surface area contributed by atoms with Crippen LogP contribution in [0.5, 0.6) is 17.2 Å². The summed E-state index contributed by atoms with van der Waals surface area (Å²) in [6, 6.07) is 14.2. The zero-order chi connectivity index (χ0) is 25.2. The van der Waals surface area contributed by atoms with E-state index >= 15 is 0 Å².